The Kier molecular flexibility index (Phi) is 5.93. The molecule has 5 heterocycles. The van der Waals surface area contributed by atoms with Crippen LogP contribution in [0.4, 0.5) is 11.6 Å². The van der Waals surface area contributed by atoms with Gasteiger partial charge in [-0.2, -0.15) is 4.98 Å². The molecule has 1 fully saturated rings. The summed E-state index contributed by atoms with van der Waals surface area (Å²) in [6, 6.07) is 19.4. The zero-order chi connectivity index (χ0) is 24.3. The molecule has 2 N–H and O–H groups in total. The molecule has 6 rings (SSSR count). The molecule has 8 nitrogen and oxygen atoms in total. The summed E-state index contributed by atoms with van der Waals surface area (Å²) in [4.78, 5) is 30.8. The summed E-state index contributed by atoms with van der Waals surface area (Å²) in [5.74, 6) is 1.01. The van der Waals surface area contributed by atoms with E-state index in [9.17, 15) is 4.79 Å². The van der Waals surface area contributed by atoms with Crippen LogP contribution in [0.5, 0.6) is 0 Å². The fourth-order valence-electron chi connectivity index (χ4n) is 4.70. The molecule has 0 saturated carbocycles. The first-order valence-corrected chi connectivity index (χ1v) is 12.0. The van der Waals surface area contributed by atoms with Gasteiger partial charge >= 0.3 is 0 Å². The Labute approximate surface area is 208 Å². The van der Waals surface area contributed by atoms with Gasteiger partial charge in [-0.1, -0.05) is 18.2 Å². The van der Waals surface area contributed by atoms with Gasteiger partial charge in [0.15, 0.2) is 0 Å². The molecule has 5 aromatic rings. The highest BCUT2D eigenvalue weighted by Crippen LogP contribution is 2.25. The molecule has 4 aromatic heterocycles. The molecule has 0 radical (unpaired) electrons. The van der Waals surface area contributed by atoms with Crippen molar-refractivity contribution in [1.29, 1.82) is 0 Å². The fraction of sp³-hybridized carbons (Fsp3) is 0.179. The molecule has 1 saturated heterocycles. The Morgan fingerprint density at radius 3 is 2.64 bits per heavy atom. The smallest absolute Gasteiger partial charge is 0.252 e. The van der Waals surface area contributed by atoms with Crippen molar-refractivity contribution in [3.63, 3.8) is 0 Å². The van der Waals surface area contributed by atoms with Gasteiger partial charge in [-0.15, -0.1) is 0 Å². The third-order valence-electron chi connectivity index (χ3n) is 6.60. The largest absolute Gasteiger partial charge is 0.324 e. The number of hydrogen-bond donors (Lipinski definition) is 2. The molecule has 36 heavy (non-hydrogen) atoms. The number of fused-ring (bicyclic) bond motifs is 1. The van der Waals surface area contributed by atoms with Gasteiger partial charge in [0.2, 0.25) is 5.95 Å². The Morgan fingerprint density at radius 1 is 0.972 bits per heavy atom. The van der Waals surface area contributed by atoms with Gasteiger partial charge in [-0.25, -0.2) is 4.98 Å². The monoisotopic (exact) mass is 475 g/mol. The van der Waals surface area contributed by atoms with Gasteiger partial charge in [0.25, 0.3) is 5.56 Å². The predicted octanol–water partition coefficient (Wildman–Crippen LogP) is 4.12. The van der Waals surface area contributed by atoms with Crippen LogP contribution in [0, 0.1) is 0 Å². The quantitative estimate of drug-likeness (QED) is 0.381. The van der Waals surface area contributed by atoms with E-state index in [1.165, 1.54) is 5.56 Å². The number of anilines is 2. The van der Waals surface area contributed by atoms with E-state index in [0.29, 0.717) is 24.1 Å². The SMILES string of the molecule is O=c1ccc2cnc(Nc3ccc(C4CCNC4)cc3)nc2n1Cc1cccnc1-c1ccncc1. The van der Waals surface area contributed by atoms with E-state index in [4.69, 9.17) is 4.98 Å². The summed E-state index contributed by atoms with van der Waals surface area (Å²) >= 11 is 0. The number of nitrogens with zero attached hydrogens (tertiary/aromatic N) is 5. The first-order valence-electron chi connectivity index (χ1n) is 12.0. The first-order chi connectivity index (χ1) is 17.7. The van der Waals surface area contributed by atoms with Crippen molar-refractivity contribution < 1.29 is 0 Å². The molecule has 1 aliphatic heterocycles. The van der Waals surface area contributed by atoms with Gasteiger partial charge in [-0.3, -0.25) is 19.3 Å². The predicted molar refractivity (Wildman–Crippen MR) is 140 cm³/mol. The minimum absolute atomic E-state index is 0.133. The summed E-state index contributed by atoms with van der Waals surface area (Å²) in [5.41, 5.74) is 5.35. The van der Waals surface area contributed by atoms with Crippen LogP contribution in [-0.2, 0) is 6.54 Å². The van der Waals surface area contributed by atoms with Crippen LogP contribution in [0.25, 0.3) is 22.3 Å². The van der Waals surface area contributed by atoms with Crippen LogP contribution in [0.3, 0.4) is 0 Å². The highest BCUT2D eigenvalue weighted by Gasteiger charge is 2.16. The fourth-order valence-corrected chi connectivity index (χ4v) is 4.70. The normalized spacial score (nSPS) is 15.3. The van der Waals surface area contributed by atoms with Crippen LogP contribution < -0.4 is 16.2 Å². The van der Waals surface area contributed by atoms with Gasteiger partial charge < -0.3 is 10.6 Å². The Bertz CT molecular complexity index is 1560. The lowest BCUT2D eigenvalue weighted by molar-refractivity contribution is 0.763. The minimum Gasteiger partial charge on any atom is -0.324 e. The maximum Gasteiger partial charge on any atom is 0.252 e. The van der Waals surface area contributed by atoms with Gasteiger partial charge in [0.1, 0.15) is 5.65 Å². The standard InChI is InChI=1S/C28H25N7O/c36-25-8-5-22-17-32-28(33-24-6-3-19(4-7-24)21-11-15-30-16-21)34-27(22)35(25)18-23-2-1-12-31-26(23)20-9-13-29-14-10-20/h1-10,12-14,17,21,30H,11,15-16,18H2,(H,32,33,34). The van der Waals surface area contributed by atoms with Crippen LogP contribution in [-0.4, -0.2) is 37.6 Å². The van der Waals surface area contributed by atoms with E-state index in [0.717, 1.165) is 47.4 Å². The highest BCUT2D eigenvalue weighted by atomic mass is 16.1. The van der Waals surface area contributed by atoms with E-state index >= 15 is 0 Å². The maximum atomic E-state index is 13.0. The number of pyridine rings is 3. The summed E-state index contributed by atoms with van der Waals surface area (Å²) in [7, 11) is 0. The van der Waals surface area contributed by atoms with E-state index in [-0.39, 0.29) is 5.56 Å². The van der Waals surface area contributed by atoms with Crippen LogP contribution >= 0.6 is 0 Å². The lowest BCUT2D eigenvalue weighted by Gasteiger charge is -2.14. The molecular formula is C28H25N7O. The first kappa shape index (κ1) is 22.1. The zero-order valence-electron chi connectivity index (χ0n) is 19.6. The third kappa shape index (κ3) is 4.46. The molecule has 1 unspecified atom stereocenters. The molecular weight excluding hydrogens is 450 g/mol. The number of hydrogen-bond acceptors (Lipinski definition) is 7. The molecule has 0 bridgehead atoms. The van der Waals surface area contributed by atoms with Crippen molar-refractivity contribution in [2.45, 2.75) is 18.9 Å². The number of nitrogens with one attached hydrogen (secondary N) is 2. The zero-order valence-corrected chi connectivity index (χ0v) is 19.6. The second-order valence-corrected chi connectivity index (χ2v) is 8.91. The molecule has 8 heteroatoms. The van der Waals surface area contributed by atoms with Crippen molar-refractivity contribution in [2.24, 2.45) is 0 Å². The molecule has 0 spiro atoms. The molecule has 0 aliphatic carbocycles. The molecule has 1 aliphatic rings. The lowest BCUT2D eigenvalue weighted by Crippen LogP contribution is -2.21. The lowest BCUT2D eigenvalue weighted by atomic mass is 9.98. The van der Waals surface area contributed by atoms with Crippen molar-refractivity contribution >= 4 is 22.7 Å². The molecule has 0 amide bonds. The summed E-state index contributed by atoms with van der Waals surface area (Å²) < 4.78 is 1.67. The summed E-state index contributed by atoms with van der Waals surface area (Å²) in [6.07, 6.45) is 8.13. The maximum absolute atomic E-state index is 13.0. The second kappa shape index (κ2) is 9.67. The van der Waals surface area contributed by atoms with E-state index in [1.54, 1.807) is 41.5 Å². The van der Waals surface area contributed by atoms with E-state index in [1.807, 2.05) is 24.3 Å². The average molecular weight is 476 g/mol. The average Bonchev–Trinajstić information content (AvgIpc) is 3.47. The van der Waals surface area contributed by atoms with Crippen molar-refractivity contribution in [3.8, 4) is 11.3 Å². The number of rotatable bonds is 6. The van der Waals surface area contributed by atoms with Crippen LogP contribution in [0.2, 0.25) is 0 Å². The summed E-state index contributed by atoms with van der Waals surface area (Å²) in [6.45, 7) is 2.43. The van der Waals surface area contributed by atoms with E-state index in [2.05, 4.69) is 49.9 Å². The van der Waals surface area contributed by atoms with Crippen molar-refractivity contribution in [2.75, 3.05) is 18.4 Å². The van der Waals surface area contributed by atoms with Crippen LogP contribution in [0.15, 0.2) is 90.2 Å². The van der Waals surface area contributed by atoms with E-state index < -0.39 is 0 Å². The highest BCUT2D eigenvalue weighted by molar-refractivity contribution is 5.76. The van der Waals surface area contributed by atoms with Crippen molar-refractivity contribution in [1.82, 2.24) is 29.8 Å². The Morgan fingerprint density at radius 2 is 1.83 bits per heavy atom. The molecule has 1 atom stereocenters. The number of aromatic nitrogens is 5. The van der Waals surface area contributed by atoms with Gasteiger partial charge in [0.05, 0.1) is 12.2 Å². The molecule has 178 valence electrons. The van der Waals surface area contributed by atoms with Gasteiger partial charge in [0, 0.05) is 54.0 Å². The third-order valence-corrected chi connectivity index (χ3v) is 6.60. The van der Waals surface area contributed by atoms with Crippen molar-refractivity contribution in [3.05, 3.63) is 107 Å². The number of benzene rings is 1. The Balaban J connectivity index is 1.32. The van der Waals surface area contributed by atoms with Crippen LogP contribution in [0.1, 0.15) is 23.5 Å². The minimum atomic E-state index is -0.133. The second-order valence-electron chi connectivity index (χ2n) is 8.91. The van der Waals surface area contributed by atoms with Gasteiger partial charge in [-0.05, 0) is 66.4 Å². The molecule has 1 aromatic carbocycles. The topological polar surface area (TPSA) is 97.6 Å². The Hall–Kier alpha value is -4.43. The summed E-state index contributed by atoms with van der Waals surface area (Å²) in [5, 5.41) is 7.49.